The number of piperazine rings is 1. The molecule has 1 aromatic heterocycles. The summed E-state index contributed by atoms with van der Waals surface area (Å²) in [6.45, 7) is 1.56. The van der Waals surface area contributed by atoms with Crippen molar-refractivity contribution in [2.24, 2.45) is 0 Å². The van der Waals surface area contributed by atoms with Crippen LogP contribution in [-0.4, -0.2) is 59.9 Å². The van der Waals surface area contributed by atoms with Crippen LogP contribution in [0.2, 0.25) is 0 Å². The van der Waals surface area contributed by atoms with E-state index in [1.54, 1.807) is 41.3 Å². The first-order chi connectivity index (χ1) is 16.4. The number of halogens is 1. The Morgan fingerprint density at radius 3 is 2.24 bits per heavy atom. The number of nitro groups is 1. The van der Waals surface area contributed by atoms with Gasteiger partial charge in [-0.2, -0.15) is 0 Å². The van der Waals surface area contributed by atoms with Crippen LogP contribution in [0.3, 0.4) is 0 Å². The molecule has 0 unspecified atom stereocenters. The SMILES string of the molecule is COC(=O)[C@H](c1ccc(F)cc1)N1CCN(C(=O)c2ccc(-c3ccc([N+](=O)[O-])cc3)o2)CC1. The van der Waals surface area contributed by atoms with Crippen LogP contribution in [0, 0.1) is 15.9 Å². The van der Waals surface area contributed by atoms with Crippen molar-refractivity contribution in [3.05, 3.63) is 87.9 Å². The maximum atomic E-state index is 13.3. The van der Waals surface area contributed by atoms with Gasteiger partial charge in [0.1, 0.15) is 17.6 Å². The third-order valence-corrected chi connectivity index (χ3v) is 5.76. The number of hydrogen-bond acceptors (Lipinski definition) is 7. The predicted molar refractivity (Wildman–Crippen MR) is 119 cm³/mol. The van der Waals surface area contributed by atoms with E-state index in [-0.39, 0.29) is 17.4 Å². The van der Waals surface area contributed by atoms with Crippen LogP contribution in [0.4, 0.5) is 10.1 Å². The highest BCUT2D eigenvalue weighted by atomic mass is 19.1. The minimum Gasteiger partial charge on any atom is -0.468 e. The Hall–Kier alpha value is -4.05. The van der Waals surface area contributed by atoms with Gasteiger partial charge in [-0.15, -0.1) is 0 Å². The number of esters is 1. The van der Waals surface area contributed by atoms with Crippen LogP contribution in [0.15, 0.2) is 65.1 Å². The summed E-state index contributed by atoms with van der Waals surface area (Å²) >= 11 is 0. The highest BCUT2D eigenvalue weighted by molar-refractivity contribution is 5.92. The lowest BCUT2D eigenvalue weighted by atomic mass is 10.0. The first-order valence-corrected chi connectivity index (χ1v) is 10.6. The second-order valence-corrected chi connectivity index (χ2v) is 7.77. The molecular weight excluding hydrogens is 445 g/mol. The summed E-state index contributed by atoms with van der Waals surface area (Å²) in [5, 5.41) is 10.8. The van der Waals surface area contributed by atoms with Crippen molar-refractivity contribution in [3.63, 3.8) is 0 Å². The number of nitro benzene ring substituents is 1. The van der Waals surface area contributed by atoms with Gasteiger partial charge in [0.2, 0.25) is 0 Å². The fourth-order valence-electron chi connectivity index (χ4n) is 3.95. The Kier molecular flexibility index (Phi) is 6.69. The zero-order chi connectivity index (χ0) is 24.2. The van der Waals surface area contributed by atoms with Gasteiger partial charge in [0.25, 0.3) is 11.6 Å². The van der Waals surface area contributed by atoms with E-state index in [2.05, 4.69) is 0 Å². The average Bonchev–Trinajstić information content (AvgIpc) is 3.35. The lowest BCUT2D eigenvalue weighted by molar-refractivity contribution is -0.384. The summed E-state index contributed by atoms with van der Waals surface area (Å²) in [5.74, 6) is -0.549. The summed E-state index contributed by atoms with van der Waals surface area (Å²) < 4.78 is 24.0. The third-order valence-electron chi connectivity index (χ3n) is 5.76. The maximum absolute atomic E-state index is 13.3. The molecule has 1 atom stereocenters. The van der Waals surface area contributed by atoms with Crippen molar-refractivity contribution in [1.82, 2.24) is 9.80 Å². The van der Waals surface area contributed by atoms with Crippen LogP contribution in [0.1, 0.15) is 22.2 Å². The summed E-state index contributed by atoms with van der Waals surface area (Å²) in [5.41, 5.74) is 1.21. The first kappa shape index (κ1) is 23.1. The third kappa shape index (κ3) is 4.81. The molecule has 1 aliphatic heterocycles. The average molecular weight is 467 g/mol. The molecule has 176 valence electrons. The Balaban J connectivity index is 1.42. The second-order valence-electron chi connectivity index (χ2n) is 7.77. The van der Waals surface area contributed by atoms with Gasteiger partial charge in [-0.1, -0.05) is 12.1 Å². The predicted octanol–water partition coefficient (Wildman–Crippen LogP) is 3.67. The molecule has 1 saturated heterocycles. The molecule has 3 aromatic rings. The van der Waals surface area contributed by atoms with E-state index in [1.165, 1.54) is 31.4 Å². The van der Waals surface area contributed by atoms with Gasteiger partial charge in [-0.25, -0.2) is 9.18 Å². The summed E-state index contributed by atoms with van der Waals surface area (Å²) in [6, 6.07) is 14.1. The van der Waals surface area contributed by atoms with Gasteiger partial charge < -0.3 is 14.1 Å². The number of nitrogens with zero attached hydrogens (tertiary/aromatic N) is 3. The van der Waals surface area contributed by atoms with Crippen molar-refractivity contribution in [2.45, 2.75) is 6.04 Å². The lowest BCUT2D eigenvalue weighted by Gasteiger charge is -2.38. The molecule has 10 heteroatoms. The molecule has 1 fully saturated rings. The molecule has 1 amide bonds. The van der Waals surface area contributed by atoms with Gasteiger partial charge in [-0.3, -0.25) is 19.8 Å². The number of benzene rings is 2. The summed E-state index contributed by atoms with van der Waals surface area (Å²) in [4.78, 5) is 39.3. The van der Waals surface area contributed by atoms with Gasteiger partial charge in [0.15, 0.2) is 5.76 Å². The molecule has 2 aromatic carbocycles. The number of non-ortho nitro benzene ring substituents is 1. The van der Waals surface area contributed by atoms with E-state index in [1.807, 2.05) is 4.90 Å². The van der Waals surface area contributed by atoms with Gasteiger partial charge in [0, 0.05) is 43.9 Å². The fourth-order valence-corrected chi connectivity index (χ4v) is 3.95. The molecule has 0 N–H and O–H groups in total. The van der Waals surface area contributed by atoms with Crippen molar-refractivity contribution in [3.8, 4) is 11.3 Å². The molecule has 0 radical (unpaired) electrons. The summed E-state index contributed by atoms with van der Waals surface area (Å²) in [6.07, 6.45) is 0. The smallest absolute Gasteiger partial charge is 0.327 e. The number of ether oxygens (including phenoxy) is 1. The lowest BCUT2D eigenvalue weighted by Crippen LogP contribution is -2.51. The molecule has 0 saturated carbocycles. The van der Waals surface area contributed by atoms with Gasteiger partial charge in [0.05, 0.1) is 12.0 Å². The zero-order valence-electron chi connectivity index (χ0n) is 18.3. The normalized spacial score (nSPS) is 15.1. The molecule has 9 nitrogen and oxygen atoms in total. The van der Waals surface area contributed by atoms with Crippen LogP contribution < -0.4 is 0 Å². The molecule has 0 bridgehead atoms. The number of furan rings is 1. The van der Waals surface area contributed by atoms with E-state index >= 15 is 0 Å². The standard InChI is InChI=1S/C24H22FN3O6/c1-33-24(30)22(17-2-6-18(25)7-3-17)26-12-14-27(15-13-26)23(29)21-11-10-20(34-21)16-4-8-19(9-5-16)28(31)32/h2-11,22H,12-15H2,1H3/t22-/m0/s1. The van der Waals surface area contributed by atoms with Crippen LogP contribution in [0.5, 0.6) is 0 Å². The van der Waals surface area contributed by atoms with E-state index in [0.29, 0.717) is 43.1 Å². The Bertz CT molecular complexity index is 1180. The summed E-state index contributed by atoms with van der Waals surface area (Å²) in [7, 11) is 1.30. The highest BCUT2D eigenvalue weighted by Crippen LogP contribution is 2.27. The molecule has 4 rings (SSSR count). The number of carbonyl (C=O) groups excluding carboxylic acids is 2. The largest absolute Gasteiger partial charge is 0.468 e. The second kappa shape index (κ2) is 9.84. The maximum Gasteiger partial charge on any atom is 0.327 e. The minimum absolute atomic E-state index is 0.0321. The molecule has 2 heterocycles. The molecule has 0 spiro atoms. The van der Waals surface area contributed by atoms with Crippen molar-refractivity contribution < 1.29 is 28.1 Å². The minimum atomic E-state index is -0.694. The van der Waals surface area contributed by atoms with E-state index in [4.69, 9.17) is 9.15 Å². The zero-order valence-corrected chi connectivity index (χ0v) is 18.3. The Morgan fingerprint density at radius 2 is 1.65 bits per heavy atom. The van der Waals surface area contributed by atoms with Crippen LogP contribution >= 0.6 is 0 Å². The van der Waals surface area contributed by atoms with Crippen molar-refractivity contribution >= 4 is 17.6 Å². The van der Waals surface area contributed by atoms with Gasteiger partial charge >= 0.3 is 5.97 Å². The monoisotopic (exact) mass is 467 g/mol. The van der Waals surface area contributed by atoms with Crippen molar-refractivity contribution in [1.29, 1.82) is 0 Å². The number of rotatable bonds is 6. The van der Waals surface area contributed by atoms with Crippen molar-refractivity contribution in [2.75, 3.05) is 33.3 Å². The molecule has 34 heavy (non-hydrogen) atoms. The van der Waals surface area contributed by atoms with E-state index in [0.717, 1.165) is 0 Å². The van der Waals surface area contributed by atoms with Crippen LogP contribution in [-0.2, 0) is 9.53 Å². The molecule has 0 aliphatic carbocycles. The number of methoxy groups -OCH3 is 1. The van der Waals surface area contributed by atoms with Crippen LogP contribution in [0.25, 0.3) is 11.3 Å². The quantitative estimate of drug-likeness (QED) is 0.309. The topological polar surface area (TPSA) is 106 Å². The van der Waals surface area contributed by atoms with E-state index < -0.39 is 22.8 Å². The van der Waals surface area contributed by atoms with E-state index in [9.17, 15) is 24.1 Å². The molecule has 1 aliphatic rings. The number of amides is 1. The number of carbonyl (C=O) groups is 2. The highest BCUT2D eigenvalue weighted by Gasteiger charge is 2.33. The Morgan fingerprint density at radius 1 is 1.00 bits per heavy atom. The molecular formula is C24H22FN3O6. The fraction of sp³-hybridized carbons (Fsp3) is 0.250. The first-order valence-electron chi connectivity index (χ1n) is 10.6. The number of hydrogen-bond donors (Lipinski definition) is 0. The van der Waals surface area contributed by atoms with Gasteiger partial charge in [-0.05, 0) is 42.0 Å². The Labute approximate surface area is 194 Å².